The van der Waals surface area contributed by atoms with E-state index in [9.17, 15) is 4.79 Å². The Kier molecular flexibility index (Phi) is 4.81. The molecule has 0 bridgehead atoms. The molecule has 0 aliphatic rings. The Morgan fingerprint density at radius 1 is 1.20 bits per heavy atom. The summed E-state index contributed by atoms with van der Waals surface area (Å²) < 4.78 is 1.41. The average molecular weight is 414 g/mol. The molecule has 3 nitrogen and oxygen atoms in total. The molecule has 0 atom stereocenters. The molecule has 0 aromatic heterocycles. The summed E-state index contributed by atoms with van der Waals surface area (Å²) in [6.45, 7) is 0. The van der Waals surface area contributed by atoms with Crippen molar-refractivity contribution in [2.45, 2.75) is 0 Å². The maximum Gasteiger partial charge on any atom is 0.256 e. The molecular formula is C14H7Br2ClN2O. The van der Waals surface area contributed by atoms with Gasteiger partial charge in [0.25, 0.3) is 5.91 Å². The molecule has 0 heterocycles. The monoisotopic (exact) mass is 412 g/mol. The number of hydrogen-bond acceptors (Lipinski definition) is 2. The van der Waals surface area contributed by atoms with Crippen molar-refractivity contribution in [3.63, 3.8) is 0 Å². The lowest BCUT2D eigenvalue weighted by molar-refractivity contribution is 0.102. The SMILES string of the molecule is N#Cc1ccc(Br)cc1NC(=O)c1cc(Cl)ccc1Br. The molecule has 0 unspecified atom stereocenters. The van der Waals surface area contributed by atoms with Gasteiger partial charge in [-0.15, -0.1) is 0 Å². The summed E-state index contributed by atoms with van der Waals surface area (Å²) in [4.78, 5) is 12.2. The lowest BCUT2D eigenvalue weighted by Gasteiger charge is -2.09. The fourth-order valence-electron chi connectivity index (χ4n) is 1.58. The van der Waals surface area contributed by atoms with Crippen LogP contribution in [0.25, 0.3) is 0 Å². The van der Waals surface area contributed by atoms with Gasteiger partial charge in [-0.25, -0.2) is 0 Å². The molecule has 0 spiro atoms. The van der Waals surface area contributed by atoms with Crippen LogP contribution >= 0.6 is 43.5 Å². The molecular weight excluding hydrogens is 407 g/mol. The molecule has 0 saturated carbocycles. The minimum atomic E-state index is -0.339. The average Bonchev–Trinajstić information content (AvgIpc) is 2.41. The van der Waals surface area contributed by atoms with Gasteiger partial charge in [-0.2, -0.15) is 5.26 Å². The van der Waals surface area contributed by atoms with Crippen LogP contribution in [0, 0.1) is 11.3 Å². The molecule has 0 radical (unpaired) electrons. The first-order chi connectivity index (χ1) is 9.51. The molecule has 2 aromatic rings. The van der Waals surface area contributed by atoms with Crippen LogP contribution in [0.15, 0.2) is 45.3 Å². The summed E-state index contributed by atoms with van der Waals surface area (Å²) in [5, 5.41) is 12.2. The fraction of sp³-hybridized carbons (Fsp3) is 0. The van der Waals surface area contributed by atoms with E-state index in [1.165, 1.54) is 0 Å². The third-order valence-electron chi connectivity index (χ3n) is 2.52. The summed E-state index contributed by atoms with van der Waals surface area (Å²) in [5.41, 5.74) is 1.24. The van der Waals surface area contributed by atoms with E-state index in [2.05, 4.69) is 37.2 Å². The van der Waals surface area contributed by atoms with E-state index in [0.29, 0.717) is 26.3 Å². The van der Waals surface area contributed by atoms with Gasteiger partial charge in [-0.3, -0.25) is 4.79 Å². The highest BCUT2D eigenvalue weighted by Crippen LogP contribution is 2.25. The van der Waals surface area contributed by atoms with E-state index in [-0.39, 0.29) is 5.91 Å². The molecule has 0 fully saturated rings. The van der Waals surface area contributed by atoms with Crippen LogP contribution in [0.3, 0.4) is 0 Å². The van der Waals surface area contributed by atoms with Crippen LogP contribution in [0.4, 0.5) is 5.69 Å². The van der Waals surface area contributed by atoms with Crippen molar-refractivity contribution in [2.24, 2.45) is 0 Å². The Bertz CT molecular complexity index is 726. The zero-order valence-electron chi connectivity index (χ0n) is 9.95. The minimum absolute atomic E-state index is 0.339. The number of amides is 1. The molecule has 0 aliphatic carbocycles. The van der Waals surface area contributed by atoms with Crippen molar-refractivity contribution >= 4 is 55.1 Å². The number of nitrogens with one attached hydrogen (secondary N) is 1. The maximum absolute atomic E-state index is 12.2. The first kappa shape index (κ1) is 15.0. The summed E-state index contributed by atoms with van der Waals surface area (Å²) >= 11 is 12.5. The van der Waals surface area contributed by atoms with Gasteiger partial charge in [0.1, 0.15) is 6.07 Å². The first-order valence-electron chi connectivity index (χ1n) is 5.47. The highest BCUT2D eigenvalue weighted by molar-refractivity contribution is 9.10. The second-order valence-electron chi connectivity index (χ2n) is 3.88. The van der Waals surface area contributed by atoms with Crippen LogP contribution in [-0.4, -0.2) is 5.91 Å². The Balaban J connectivity index is 2.35. The number of nitriles is 1. The number of nitrogens with zero attached hydrogens (tertiary/aromatic N) is 1. The van der Waals surface area contributed by atoms with Gasteiger partial charge in [0.2, 0.25) is 0 Å². The van der Waals surface area contributed by atoms with Crippen molar-refractivity contribution in [3.05, 3.63) is 61.5 Å². The lowest BCUT2D eigenvalue weighted by atomic mass is 10.1. The van der Waals surface area contributed by atoms with Gasteiger partial charge in [-0.1, -0.05) is 27.5 Å². The molecule has 2 rings (SSSR count). The van der Waals surface area contributed by atoms with Gasteiger partial charge in [-0.05, 0) is 52.3 Å². The molecule has 1 amide bonds. The van der Waals surface area contributed by atoms with Crippen molar-refractivity contribution in [1.82, 2.24) is 0 Å². The Hall–Kier alpha value is -1.35. The smallest absolute Gasteiger partial charge is 0.256 e. The first-order valence-corrected chi connectivity index (χ1v) is 7.43. The van der Waals surface area contributed by atoms with E-state index in [4.69, 9.17) is 16.9 Å². The third kappa shape index (κ3) is 3.40. The minimum Gasteiger partial charge on any atom is -0.321 e. The van der Waals surface area contributed by atoms with Crippen molar-refractivity contribution in [3.8, 4) is 6.07 Å². The van der Waals surface area contributed by atoms with Crippen LogP contribution in [0.2, 0.25) is 5.02 Å². The van der Waals surface area contributed by atoms with E-state index in [1.807, 2.05) is 6.07 Å². The standard InChI is InChI=1S/C14H7Br2ClN2O/c15-9-2-1-8(7-18)13(5-9)19-14(20)11-6-10(17)3-4-12(11)16/h1-6H,(H,19,20). The van der Waals surface area contributed by atoms with Crippen LogP contribution in [0.1, 0.15) is 15.9 Å². The topological polar surface area (TPSA) is 52.9 Å². The highest BCUT2D eigenvalue weighted by Gasteiger charge is 2.13. The van der Waals surface area contributed by atoms with Crippen molar-refractivity contribution in [2.75, 3.05) is 5.32 Å². The third-order valence-corrected chi connectivity index (χ3v) is 3.94. The summed E-state index contributed by atoms with van der Waals surface area (Å²) in [5.74, 6) is -0.339. The number of anilines is 1. The van der Waals surface area contributed by atoms with E-state index in [0.717, 1.165) is 4.47 Å². The normalized spacial score (nSPS) is 9.90. The molecule has 6 heteroatoms. The maximum atomic E-state index is 12.2. The van der Waals surface area contributed by atoms with E-state index < -0.39 is 0 Å². The summed E-state index contributed by atoms with van der Waals surface area (Å²) in [6, 6.07) is 12.0. The van der Waals surface area contributed by atoms with Gasteiger partial charge >= 0.3 is 0 Å². The Morgan fingerprint density at radius 2 is 1.95 bits per heavy atom. The molecule has 0 saturated heterocycles. The highest BCUT2D eigenvalue weighted by atomic mass is 79.9. The number of halogens is 3. The quantitative estimate of drug-likeness (QED) is 0.753. The largest absolute Gasteiger partial charge is 0.321 e. The Morgan fingerprint density at radius 3 is 2.65 bits per heavy atom. The van der Waals surface area contributed by atoms with Crippen LogP contribution in [-0.2, 0) is 0 Å². The molecule has 20 heavy (non-hydrogen) atoms. The zero-order valence-corrected chi connectivity index (χ0v) is 13.9. The van der Waals surface area contributed by atoms with Crippen molar-refractivity contribution < 1.29 is 4.79 Å². The molecule has 2 aromatic carbocycles. The number of carbonyl (C=O) groups is 1. The zero-order chi connectivity index (χ0) is 14.7. The van der Waals surface area contributed by atoms with Gasteiger partial charge < -0.3 is 5.32 Å². The molecule has 0 aliphatic heterocycles. The Labute approximate surface area is 137 Å². The predicted molar refractivity (Wildman–Crippen MR) is 86.0 cm³/mol. The lowest BCUT2D eigenvalue weighted by Crippen LogP contribution is -2.13. The van der Waals surface area contributed by atoms with Gasteiger partial charge in [0.15, 0.2) is 0 Å². The molecule has 100 valence electrons. The second-order valence-corrected chi connectivity index (χ2v) is 6.09. The number of benzene rings is 2. The van der Waals surface area contributed by atoms with Crippen LogP contribution < -0.4 is 5.32 Å². The molecule has 1 N–H and O–H groups in total. The van der Waals surface area contributed by atoms with Crippen molar-refractivity contribution in [1.29, 1.82) is 5.26 Å². The summed E-state index contributed by atoms with van der Waals surface area (Å²) in [6.07, 6.45) is 0. The van der Waals surface area contributed by atoms with E-state index in [1.54, 1.807) is 36.4 Å². The number of hydrogen-bond donors (Lipinski definition) is 1. The van der Waals surface area contributed by atoms with Crippen LogP contribution in [0.5, 0.6) is 0 Å². The predicted octanol–water partition coefficient (Wildman–Crippen LogP) is 4.99. The summed E-state index contributed by atoms with van der Waals surface area (Å²) in [7, 11) is 0. The van der Waals surface area contributed by atoms with Gasteiger partial charge in [0, 0.05) is 14.0 Å². The number of rotatable bonds is 2. The van der Waals surface area contributed by atoms with E-state index >= 15 is 0 Å². The number of carbonyl (C=O) groups excluding carboxylic acids is 1. The fourth-order valence-corrected chi connectivity index (χ4v) is 2.54. The van der Waals surface area contributed by atoms with Gasteiger partial charge in [0.05, 0.1) is 16.8 Å². The second kappa shape index (κ2) is 6.40.